The number of hydrogen-bond acceptors (Lipinski definition) is 4. The van der Waals surface area contributed by atoms with E-state index in [0.717, 1.165) is 21.0 Å². The van der Waals surface area contributed by atoms with Crippen LogP contribution in [0.3, 0.4) is 0 Å². The average Bonchev–Trinajstić information content (AvgIpc) is 2.83. The van der Waals surface area contributed by atoms with Crippen LogP contribution in [-0.2, 0) is 20.2 Å². The van der Waals surface area contributed by atoms with Gasteiger partial charge >= 0.3 is 0 Å². The Hall–Kier alpha value is -3.45. The fraction of sp³-hybridized carbons (Fsp3) is 0.286. The van der Waals surface area contributed by atoms with Gasteiger partial charge < -0.3 is 0 Å². The normalized spacial score (nSPS) is 12.3. The number of rotatable bonds is 7. The molecule has 3 aromatic carbocycles. The largest absolute Gasteiger partial charge is 0.271 e. The number of aryl methyl sites for hydroxylation is 1. The summed E-state index contributed by atoms with van der Waals surface area (Å²) in [5, 5.41) is 4.22. The van der Waals surface area contributed by atoms with E-state index in [1.54, 1.807) is 37.3 Å². The van der Waals surface area contributed by atoms with E-state index >= 15 is 0 Å². The van der Waals surface area contributed by atoms with Crippen molar-refractivity contribution in [2.45, 2.75) is 51.9 Å². The van der Waals surface area contributed by atoms with Crippen LogP contribution >= 0.6 is 0 Å². The van der Waals surface area contributed by atoms with Gasteiger partial charge in [0.1, 0.15) is 6.54 Å². The van der Waals surface area contributed by atoms with Crippen molar-refractivity contribution >= 4 is 27.3 Å². The maximum atomic E-state index is 13.5. The van der Waals surface area contributed by atoms with Gasteiger partial charge in [-0.15, -0.1) is 0 Å². The molecule has 1 N–H and O–H groups in total. The minimum absolute atomic E-state index is 0.0411. The predicted octanol–water partition coefficient (Wildman–Crippen LogP) is 5.34. The Morgan fingerprint density at radius 1 is 0.914 bits per heavy atom. The topological polar surface area (TPSA) is 78.8 Å². The molecule has 0 aliphatic rings. The molecular weight excluding hydrogens is 458 g/mol. The quantitative estimate of drug-likeness (QED) is 0.358. The lowest BCUT2D eigenvalue weighted by Gasteiger charge is -2.26. The second-order valence-corrected chi connectivity index (χ2v) is 11.5. The standard InChI is InChI=1S/C28H33N3O3S/c1-20-11-10-14-26(21(20)2)31(35(33,34)25-12-8-7-9-13-25)19-27(32)30-29-22(3)23-15-17-24(18-16-23)28(4,5)6/h7-18H,19H2,1-6H3,(H,30,32)/b29-22+. The van der Waals surface area contributed by atoms with Gasteiger partial charge in [-0.1, -0.05) is 75.4 Å². The van der Waals surface area contributed by atoms with Gasteiger partial charge in [0, 0.05) is 0 Å². The Morgan fingerprint density at radius 2 is 1.54 bits per heavy atom. The molecule has 0 radical (unpaired) electrons. The van der Waals surface area contributed by atoms with Gasteiger partial charge in [0.05, 0.1) is 16.3 Å². The molecule has 0 saturated carbocycles. The molecule has 0 fully saturated rings. The molecule has 0 unspecified atom stereocenters. The molecule has 0 aliphatic carbocycles. The van der Waals surface area contributed by atoms with E-state index in [0.29, 0.717) is 11.4 Å². The third kappa shape index (κ3) is 6.17. The Balaban J connectivity index is 1.86. The summed E-state index contributed by atoms with van der Waals surface area (Å²) < 4.78 is 28.2. The Morgan fingerprint density at radius 3 is 2.14 bits per heavy atom. The highest BCUT2D eigenvalue weighted by Crippen LogP contribution is 2.28. The third-order valence-corrected chi connectivity index (χ3v) is 7.75. The highest BCUT2D eigenvalue weighted by atomic mass is 32.2. The lowest BCUT2D eigenvalue weighted by atomic mass is 9.86. The maximum Gasteiger partial charge on any atom is 0.264 e. The summed E-state index contributed by atoms with van der Waals surface area (Å²) in [5.74, 6) is -0.531. The van der Waals surface area contributed by atoms with Gasteiger partial charge in [0.2, 0.25) is 0 Å². The van der Waals surface area contributed by atoms with Crippen molar-refractivity contribution in [2.24, 2.45) is 5.10 Å². The zero-order chi connectivity index (χ0) is 25.8. The van der Waals surface area contributed by atoms with Crippen LogP contribution in [0, 0.1) is 13.8 Å². The van der Waals surface area contributed by atoms with Crippen molar-refractivity contribution in [1.82, 2.24) is 5.43 Å². The summed E-state index contributed by atoms with van der Waals surface area (Å²) in [6.45, 7) is 11.6. The molecule has 1 amide bonds. The van der Waals surface area contributed by atoms with Crippen LogP contribution in [0.25, 0.3) is 0 Å². The average molecular weight is 492 g/mol. The zero-order valence-corrected chi connectivity index (χ0v) is 22.0. The number of amides is 1. The highest BCUT2D eigenvalue weighted by Gasteiger charge is 2.28. The fourth-order valence-corrected chi connectivity index (χ4v) is 5.11. The monoisotopic (exact) mass is 491 g/mol. The highest BCUT2D eigenvalue weighted by molar-refractivity contribution is 7.92. The van der Waals surface area contributed by atoms with E-state index in [1.165, 1.54) is 17.7 Å². The fourth-order valence-electron chi connectivity index (χ4n) is 3.61. The molecule has 184 valence electrons. The van der Waals surface area contributed by atoms with Gasteiger partial charge in [-0.3, -0.25) is 9.10 Å². The zero-order valence-electron chi connectivity index (χ0n) is 21.2. The van der Waals surface area contributed by atoms with E-state index in [1.807, 2.05) is 44.2 Å². The molecule has 3 rings (SSSR count). The number of nitrogens with zero attached hydrogens (tertiary/aromatic N) is 2. The minimum atomic E-state index is -3.97. The van der Waals surface area contributed by atoms with Crippen molar-refractivity contribution in [2.75, 3.05) is 10.8 Å². The van der Waals surface area contributed by atoms with Crippen LogP contribution in [0.2, 0.25) is 0 Å². The Labute approximate surface area is 208 Å². The van der Waals surface area contributed by atoms with Crippen molar-refractivity contribution in [3.63, 3.8) is 0 Å². The first-order valence-electron chi connectivity index (χ1n) is 11.5. The Bertz CT molecular complexity index is 1320. The molecule has 0 bridgehead atoms. The van der Waals surface area contributed by atoms with E-state index in [-0.39, 0.29) is 10.3 Å². The number of hydrazone groups is 1. The first-order chi connectivity index (χ1) is 16.4. The molecular formula is C28H33N3O3S. The van der Waals surface area contributed by atoms with E-state index in [2.05, 4.69) is 31.3 Å². The molecule has 35 heavy (non-hydrogen) atoms. The smallest absolute Gasteiger partial charge is 0.264 e. The number of carbonyl (C=O) groups excluding carboxylic acids is 1. The summed E-state index contributed by atoms with van der Waals surface area (Å²) in [6, 6.07) is 21.5. The van der Waals surface area contributed by atoms with E-state index in [4.69, 9.17) is 0 Å². The predicted molar refractivity (Wildman–Crippen MR) is 142 cm³/mol. The molecule has 7 heteroatoms. The van der Waals surface area contributed by atoms with Crippen molar-refractivity contribution in [1.29, 1.82) is 0 Å². The van der Waals surface area contributed by atoms with E-state index in [9.17, 15) is 13.2 Å². The summed E-state index contributed by atoms with van der Waals surface area (Å²) in [5.41, 5.74) is 7.46. The van der Waals surface area contributed by atoms with Crippen LogP contribution in [-0.4, -0.2) is 26.6 Å². The van der Waals surface area contributed by atoms with Crippen LogP contribution in [0.15, 0.2) is 82.8 Å². The first kappa shape index (κ1) is 26.2. The third-order valence-electron chi connectivity index (χ3n) is 5.98. The molecule has 0 heterocycles. The van der Waals surface area contributed by atoms with Crippen LogP contribution in [0.5, 0.6) is 0 Å². The van der Waals surface area contributed by atoms with Crippen molar-refractivity contribution < 1.29 is 13.2 Å². The minimum Gasteiger partial charge on any atom is -0.271 e. The second kappa shape index (κ2) is 10.4. The summed E-state index contributed by atoms with van der Waals surface area (Å²) in [4.78, 5) is 13.0. The summed E-state index contributed by atoms with van der Waals surface area (Å²) >= 11 is 0. The molecule has 3 aromatic rings. The molecule has 0 aliphatic heterocycles. The molecule has 0 atom stereocenters. The SMILES string of the molecule is C/C(=N\NC(=O)CN(c1cccc(C)c1C)S(=O)(=O)c1ccccc1)c1ccc(C(C)(C)C)cc1. The van der Waals surface area contributed by atoms with E-state index < -0.39 is 22.5 Å². The molecule has 0 spiro atoms. The van der Waals surface area contributed by atoms with Crippen LogP contribution in [0.4, 0.5) is 5.69 Å². The molecule has 6 nitrogen and oxygen atoms in total. The lowest BCUT2D eigenvalue weighted by molar-refractivity contribution is -0.119. The van der Waals surface area contributed by atoms with Gasteiger partial charge in [-0.05, 0) is 66.6 Å². The maximum absolute atomic E-state index is 13.5. The summed E-state index contributed by atoms with van der Waals surface area (Å²) in [7, 11) is -3.97. The number of hydrogen-bond donors (Lipinski definition) is 1. The first-order valence-corrected chi connectivity index (χ1v) is 12.9. The van der Waals surface area contributed by atoms with Gasteiger partial charge in [0.15, 0.2) is 0 Å². The van der Waals surface area contributed by atoms with Crippen LogP contribution < -0.4 is 9.73 Å². The number of anilines is 1. The number of sulfonamides is 1. The number of carbonyl (C=O) groups is 1. The van der Waals surface area contributed by atoms with Gasteiger partial charge in [-0.2, -0.15) is 5.10 Å². The number of nitrogens with one attached hydrogen (secondary N) is 1. The Kier molecular flexibility index (Phi) is 7.80. The number of benzene rings is 3. The van der Waals surface area contributed by atoms with Crippen molar-refractivity contribution in [3.8, 4) is 0 Å². The van der Waals surface area contributed by atoms with Crippen molar-refractivity contribution in [3.05, 3.63) is 95.1 Å². The lowest BCUT2D eigenvalue weighted by Crippen LogP contribution is -2.40. The molecule has 0 saturated heterocycles. The van der Waals surface area contributed by atoms with Gasteiger partial charge in [-0.25, -0.2) is 13.8 Å². The van der Waals surface area contributed by atoms with Gasteiger partial charge in [0.25, 0.3) is 15.9 Å². The van der Waals surface area contributed by atoms with Crippen LogP contribution in [0.1, 0.15) is 49.9 Å². The second-order valence-electron chi connectivity index (χ2n) is 9.60. The molecule has 0 aromatic heterocycles. The summed E-state index contributed by atoms with van der Waals surface area (Å²) in [6.07, 6.45) is 0.